The van der Waals surface area contributed by atoms with Crippen molar-refractivity contribution in [2.24, 2.45) is 17.8 Å². The predicted molar refractivity (Wildman–Crippen MR) is 36.6 cm³/mol. The third-order valence-electron chi connectivity index (χ3n) is 3.06. The Morgan fingerprint density at radius 2 is 2.10 bits per heavy atom. The molecule has 1 N–H and O–H groups in total. The Kier molecular flexibility index (Phi) is 1.22. The fourth-order valence-corrected chi connectivity index (χ4v) is 2.55. The zero-order chi connectivity index (χ0) is 7.14. The molecule has 0 aromatic rings. The standard InChI is InChI=1S/C8H12O2/c9-8(10)7-4-5-1-2-6(7)3-5/h5-7H,1-4H2,(H,9,10)/t5-,6?,7+/m1/s1. The van der Waals surface area contributed by atoms with Crippen molar-refractivity contribution in [1.29, 1.82) is 0 Å². The van der Waals surface area contributed by atoms with Crippen LogP contribution in [-0.4, -0.2) is 11.1 Å². The van der Waals surface area contributed by atoms with E-state index in [-0.39, 0.29) is 5.92 Å². The molecule has 0 aromatic carbocycles. The van der Waals surface area contributed by atoms with E-state index in [0.717, 1.165) is 12.3 Å². The molecule has 2 heteroatoms. The van der Waals surface area contributed by atoms with Crippen molar-refractivity contribution >= 4 is 5.97 Å². The molecule has 0 heterocycles. The minimum atomic E-state index is -0.563. The Labute approximate surface area is 60.2 Å². The molecule has 0 aromatic heterocycles. The first-order valence-corrected chi connectivity index (χ1v) is 4.00. The number of hydrogen-bond donors (Lipinski definition) is 1. The van der Waals surface area contributed by atoms with Gasteiger partial charge in [0.15, 0.2) is 0 Å². The van der Waals surface area contributed by atoms with Gasteiger partial charge in [0.2, 0.25) is 0 Å². The topological polar surface area (TPSA) is 37.3 Å². The lowest BCUT2D eigenvalue weighted by molar-refractivity contribution is -0.143. The first-order chi connectivity index (χ1) is 4.77. The number of hydrogen-bond acceptors (Lipinski definition) is 1. The van der Waals surface area contributed by atoms with Crippen LogP contribution in [0.15, 0.2) is 0 Å². The highest BCUT2D eigenvalue weighted by molar-refractivity contribution is 5.71. The second-order valence-corrected chi connectivity index (χ2v) is 3.62. The molecule has 2 rings (SSSR count). The van der Waals surface area contributed by atoms with Crippen molar-refractivity contribution in [2.45, 2.75) is 25.7 Å². The summed E-state index contributed by atoms with van der Waals surface area (Å²) in [5.74, 6) is 0.736. The maximum Gasteiger partial charge on any atom is 0.306 e. The highest BCUT2D eigenvalue weighted by Crippen LogP contribution is 2.48. The van der Waals surface area contributed by atoms with Crippen molar-refractivity contribution in [1.82, 2.24) is 0 Å². The maximum atomic E-state index is 10.6. The van der Waals surface area contributed by atoms with Gasteiger partial charge in [-0.3, -0.25) is 4.79 Å². The van der Waals surface area contributed by atoms with Crippen LogP contribution in [0.5, 0.6) is 0 Å². The lowest BCUT2D eigenvalue weighted by Crippen LogP contribution is -2.19. The van der Waals surface area contributed by atoms with E-state index in [4.69, 9.17) is 5.11 Å². The summed E-state index contributed by atoms with van der Waals surface area (Å²) in [5.41, 5.74) is 0. The van der Waals surface area contributed by atoms with E-state index in [0.29, 0.717) is 5.92 Å². The van der Waals surface area contributed by atoms with Gasteiger partial charge in [0.05, 0.1) is 5.92 Å². The molecule has 0 spiro atoms. The average Bonchev–Trinajstić information content (AvgIpc) is 2.44. The number of carboxylic acid groups (broad SMARTS) is 1. The number of rotatable bonds is 1. The monoisotopic (exact) mass is 140 g/mol. The van der Waals surface area contributed by atoms with E-state index in [9.17, 15) is 4.79 Å². The Balaban J connectivity index is 2.08. The predicted octanol–water partition coefficient (Wildman–Crippen LogP) is 1.51. The first-order valence-electron chi connectivity index (χ1n) is 4.00. The minimum Gasteiger partial charge on any atom is -0.481 e. The summed E-state index contributed by atoms with van der Waals surface area (Å²) in [6.07, 6.45) is 4.60. The van der Waals surface area contributed by atoms with E-state index in [1.807, 2.05) is 0 Å². The molecule has 0 radical (unpaired) electrons. The highest BCUT2D eigenvalue weighted by atomic mass is 16.4. The summed E-state index contributed by atoms with van der Waals surface area (Å²) >= 11 is 0. The van der Waals surface area contributed by atoms with E-state index < -0.39 is 5.97 Å². The molecular weight excluding hydrogens is 128 g/mol. The fourth-order valence-electron chi connectivity index (χ4n) is 2.55. The van der Waals surface area contributed by atoms with Crippen LogP contribution in [0.25, 0.3) is 0 Å². The molecule has 0 amide bonds. The van der Waals surface area contributed by atoms with Gasteiger partial charge in [-0.05, 0) is 31.1 Å². The van der Waals surface area contributed by atoms with Gasteiger partial charge in [-0.2, -0.15) is 0 Å². The quantitative estimate of drug-likeness (QED) is 0.599. The normalized spacial score (nSPS) is 44.2. The number of carboxylic acids is 1. The van der Waals surface area contributed by atoms with Crippen LogP contribution in [0.1, 0.15) is 25.7 Å². The average molecular weight is 140 g/mol. The van der Waals surface area contributed by atoms with Crippen LogP contribution in [0.4, 0.5) is 0 Å². The molecule has 0 aliphatic heterocycles. The fraction of sp³-hybridized carbons (Fsp3) is 0.875. The molecule has 2 bridgehead atoms. The van der Waals surface area contributed by atoms with Crippen LogP contribution in [0.2, 0.25) is 0 Å². The summed E-state index contributed by atoms with van der Waals surface area (Å²) in [6.45, 7) is 0. The molecule has 2 fully saturated rings. The molecule has 3 atom stereocenters. The van der Waals surface area contributed by atoms with Crippen LogP contribution in [0, 0.1) is 17.8 Å². The largest absolute Gasteiger partial charge is 0.481 e. The van der Waals surface area contributed by atoms with Crippen LogP contribution < -0.4 is 0 Å². The van der Waals surface area contributed by atoms with Crippen molar-refractivity contribution in [3.8, 4) is 0 Å². The number of aliphatic carboxylic acids is 1. The molecule has 2 aliphatic rings. The smallest absolute Gasteiger partial charge is 0.306 e. The van der Waals surface area contributed by atoms with E-state index in [1.54, 1.807) is 0 Å². The molecule has 2 saturated carbocycles. The highest BCUT2D eigenvalue weighted by Gasteiger charge is 2.42. The molecular formula is C8H12O2. The summed E-state index contributed by atoms with van der Waals surface area (Å²) in [5, 5.41) is 8.74. The summed E-state index contributed by atoms with van der Waals surface area (Å²) in [6, 6.07) is 0. The Morgan fingerprint density at radius 3 is 2.40 bits per heavy atom. The maximum absolute atomic E-state index is 10.6. The summed E-state index contributed by atoms with van der Waals surface area (Å²) < 4.78 is 0. The first kappa shape index (κ1) is 6.20. The van der Waals surface area contributed by atoms with Crippen LogP contribution in [0.3, 0.4) is 0 Å². The van der Waals surface area contributed by atoms with Gasteiger partial charge in [-0.25, -0.2) is 0 Å². The van der Waals surface area contributed by atoms with Gasteiger partial charge in [-0.15, -0.1) is 0 Å². The Bertz CT molecular complexity index is 165. The van der Waals surface area contributed by atoms with Crippen LogP contribution >= 0.6 is 0 Å². The van der Waals surface area contributed by atoms with Crippen molar-refractivity contribution in [3.05, 3.63) is 0 Å². The third-order valence-corrected chi connectivity index (χ3v) is 3.06. The van der Waals surface area contributed by atoms with E-state index >= 15 is 0 Å². The molecule has 1 unspecified atom stereocenters. The van der Waals surface area contributed by atoms with E-state index in [1.165, 1.54) is 19.3 Å². The molecule has 10 heavy (non-hydrogen) atoms. The summed E-state index contributed by atoms with van der Waals surface area (Å²) in [4.78, 5) is 10.6. The second-order valence-electron chi connectivity index (χ2n) is 3.62. The summed E-state index contributed by atoms with van der Waals surface area (Å²) in [7, 11) is 0. The lowest BCUT2D eigenvalue weighted by Gasteiger charge is -2.16. The minimum absolute atomic E-state index is 0.0127. The molecule has 56 valence electrons. The lowest BCUT2D eigenvalue weighted by atomic mass is 9.89. The SMILES string of the molecule is O=C(O)[C@H]1C[C@@H]2CCC1C2. The van der Waals surface area contributed by atoms with Gasteiger partial charge in [0.25, 0.3) is 0 Å². The van der Waals surface area contributed by atoms with Crippen LogP contribution in [-0.2, 0) is 4.79 Å². The van der Waals surface area contributed by atoms with E-state index in [2.05, 4.69) is 0 Å². The van der Waals surface area contributed by atoms with Crippen molar-refractivity contribution in [2.75, 3.05) is 0 Å². The molecule has 0 saturated heterocycles. The number of carbonyl (C=O) groups is 1. The zero-order valence-corrected chi connectivity index (χ0v) is 5.92. The van der Waals surface area contributed by atoms with Gasteiger partial charge >= 0.3 is 5.97 Å². The van der Waals surface area contributed by atoms with Gasteiger partial charge in [0, 0.05) is 0 Å². The zero-order valence-electron chi connectivity index (χ0n) is 5.92. The molecule has 2 nitrogen and oxygen atoms in total. The molecule has 2 aliphatic carbocycles. The van der Waals surface area contributed by atoms with Gasteiger partial charge < -0.3 is 5.11 Å². The number of fused-ring (bicyclic) bond motifs is 2. The van der Waals surface area contributed by atoms with Crippen molar-refractivity contribution < 1.29 is 9.90 Å². The van der Waals surface area contributed by atoms with Crippen molar-refractivity contribution in [3.63, 3.8) is 0 Å². The Morgan fingerprint density at radius 1 is 1.30 bits per heavy atom. The third kappa shape index (κ3) is 0.746. The van der Waals surface area contributed by atoms with Gasteiger partial charge in [-0.1, -0.05) is 6.42 Å². The second kappa shape index (κ2) is 1.97. The van der Waals surface area contributed by atoms with Gasteiger partial charge in [0.1, 0.15) is 0 Å². The Hall–Kier alpha value is -0.530.